The number of aryl methyl sites for hydroxylation is 2. The monoisotopic (exact) mass is 264 g/mol. The van der Waals surface area contributed by atoms with Gasteiger partial charge in [0.25, 0.3) is 0 Å². The van der Waals surface area contributed by atoms with Gasteiger partial charge in [-0.3, -0.25) is 0 Å². The smallest absolute Gasteiger partial charge is 0.121 e. The molecule has 0 spiro atoms. The molecular weight excluding hydrogens is 244 g/mol. The predicted molar refractivity (Wildman–Crippen MR) is 75.0 cm³/mol. The highest BCUT2D eigenvalue weighted by molar-refractivity contribution is 7.09. The maximum Gasteiger partial charge on any atom is 0.121 e. The molecule has 18 heavy (non-hydrogen) atoms. The highest BCUT2D eigenvalue weighted by Crippen LogP contribution is 2.22. The molecule has 0 aliphatic carbocycles. The number of hydrogen-bond acceptors (Lipinski definition) is 4. The first-order valence-corrected chi connectivity index (χ1v) is 7.27. The molecule has 3 nitrogen and oxygen atoms in total. The van der Waals surface area contributed by atoms with Gasteiger partial charge in [0, 0.05) is 17.5 Å². The van der Waals surface area contributed by atoms with Crippen LogP contribution in [0.25, 0.3) is 0 Å². The molecule has 98 valence electrons. The third kappa shape index (κ3) is 3.43. The lowest BCUT2D eigenvalue weighted by Gasteiger charge is -2.14. The molecule has 0 bridgehead atoms. The average molecular weight is 264 g/mol. The molecule has 2 aromatic heterocycles. The van der Waals surface area contributed by atoms with Crippen LogP contribution in [0.5, 0.6) is 0 Å². The molecule has 0 amide bonds. The molecule has 0 radical (unpaired) electrons. The van der Waals surface area contributed by atoms with Crippen LogP contribution in [0.3, 0.4) is 0 Å². The first kappa shape index (κ1) is 13.3. The second-order valence-corrected chi connectivity index (χ2v) is 5.48. The van der Waals surface area contributed by atoms with Gasteiger partial charge in [-0.05, 0) is 38.9 Å². The predicted octanol–water partition coefficient (Wildman–Crippen LogP) is 3.64. The zero-order chi connectivity index (χ0) is 13.0. The van der Waals surface area contributed by atoms with E-state index in [0.717, 1.165) is 41.6 Å². The summed E-state index contributed by atoms with van der Waals surface area (Å²) < 4.78 is 5.74. The van der Waals surface area contributed by atoms with Gasteiger partial charge in [-0.1, -0.05) is 6.92 Å². The van der Waals surface area contributed by atoms with Gasteiger partial charge in [-0.15, -0.1) is 11.3 Å². The molecule has 4 heteroatoms. The minimum absolute atomic E-state index is 0.226. The van der Waals surface area contributed by atoms with Gasteiger partial charge in [-0.2, -0.15) is 0 Å². The Balaban J connectivity index is 2.09. The van der Waals surface area contributed by atoms with E-state index in [9.17, 15) is 0 Å². The fourth-order valence-corrected chi connectivity index (χ4v) is 2.72. The Morgan fingerprint density at radius 3 is 2.78 bits per heavy atom. The maximum atomic E-state index is 5.74. The number of nitrogens with one attached hydrogen (secondary N) is 1. The molecule has 0 saturated heterocycles. The summed E-state index contributed by atoms with van der Waals surface area (Å²) in [6.45, 7) is 7.18. The van der Waals surface area contributed by atoms with Crippen LogP contribution in [0.15, 0.2) is 21.9 Å². The van der Waals surface area contributed by atoms with Crippen molar-refractivity contribution in [1.29, 1.82) is 0 Å². The minimum atomic E-state index is 0.226. The van der Waals surface area contributed by atoms with Crippen LogP contribution in [0, 0.1) is 13.8 Å². The summed E-state index contributed by atoms with van der Waals surface area (Å²) in [6.07, 6.45) is 2.01. The molecule has 1 N–H and O–H groups in total. The second kappa shape index (κ2) is 6.16. The van der Waals surface area contributed by atoms with Gasteiger partial charge in [0.05, 0.1) is 11.0 Å². The van der Waals surface area contributed by atoms with E-state index in [1.54, 1.807) is 11.3 Å². The van der Waals surface area contributed by atoms with Crippen molar-refractivity contribution in [2.45, 2.75) is 39.7 Å². The first-order valence-electron chi connectivity index (χ1n) is 6.39. The van der Waals surface area contributed by atoms with E-state index in [2.05, 4.69) is 28.7 Å². The van der Waals surface area contributed by atoms with Crippen molar-refractivity contribution < 1.29 is 4.42 Å². The standard InChI is InChI=1S/C14H20N2OS/c1-4-7-15-12(13-6-5-11(3)17-13)8-14-16-10(2)9-18-14/h5-6,9,12,15H,4,7-8H2,1-3H3. The lowest BCUT2D eigenvalue weighted by Crippen LogP contribution is -2.23. The van der Waals surface area contributed by atoms with Gasteiger partial charge in [0.15, 0.2) is 0 Å². The summed E-state index contributed by atoms with van der Waals surface area (Å²) in [5.41, 5.74) is 1.10. The summed E-state index contributed by atoms with van der Waals surface area (Å²) in [6, 6.07) is 4.30. The summed E-state index contributed by atoms with van der Waals surface area (Å²) in [5, 5.41) is 6.79. The third-order valence-corrected chi connectivity index (χ3v) is 3.78. The lowest BCUT2D eigenvalue weighted by molar-refractivity contribution is 0.398. The van der Waals surface area contributed by atoms with E-state index in [1.165, 1.54) is 0 Å². The number of hydrogen-bond donors (Lipinski definition) is 1. The van der Waals surface area contributed by atoms with Gasteiger partial charge < -0.3 is 9.73 Å². The molecule has 0 aromatic carbocycles. The number of nitrogens with zero attached hydrogens (tertiary/aromatic N) is 1. The van der Waals surface area contributed by atoms with Crippen molar-refractivity contribution in [3.63, 3.8) is 0 Å². The number of rotatable bonds is 6. The summed E-state index contributed by atoms with van der Waals surface area (Å²) in [5.74, 6) is 1.97. The van der Waals surface area contributed by atoms with Crippen molar-refractivity contribution in [1.82, 2.24) is 10.3 Å². The van der Waals surface area contributed by atoms with Gasteiger partial charge >= 0.3 is 0 Å². The van der Waals surface area contributed by atoms with Crippen LogP contribution in [0.4, 0.5) is 0 Å². The van der Waals surface area contributed by atoms with E-state index < -0.39 is 0 Å². The SMILES string of the molecule is CCCNC(Cc1nc(C)cs1)c1ccc(C)o1. The zero-order valence-corrected chi connectivity index (χ0v) is 12.0. The zero-order valence-electron chi connectivity index (χ0n) is 11.2. The lowest BCUT2D eigenvalue weighted by atomic mass is 10.1. The van der Waals surface area contributed by atoms with Crippen LogP contribution in [-0.4, -0.2) is 11.5 Å². The first-order chi connectivity index (χ1) is 8.69. The van der Waals surface area contributed by atoms with E-state index in [4.69, 9.17) is 4.42 Å². The Bertz CT molecular complexity index is 489. The van der Waals surface area contributed by atoms with Crippen LogP contribution in [0.1, 0.15) is 41.6 Å². The topological polar surface area (TPSA) is 38.1 Å². The van der Waals surface area contributed by atoms with Gasteiger partial charge in [-0.25, -0.2) is 4.98 Å². The Labute approximate surface area is 112 Å². The molecule has 2 heterocycles. The molecule has 1 atom stereocenters. The molecular formula is C14H20N2OS. The molecule has 0 fully saturated rings. The summed E-state index contributed by atoms with van der Waals surface area (Å²) >= 11 is 1.72. The maximum absolute atomic E-state index is 5.74. The summed E-state index contributed by atoms with van der Waals surface area (Å²) in [7, 11) is 0. The van der Waals surface area contributed by atoms with E-state index in [0.29, 0.717) is 0 Å². The Morgan fingerprint density at radius 1 is 1.39 bits per heavy atom. The van der Waals surface area contributed by atoms with Crippen molar-refractivity contribution in [2.75, 3.05) is 6.54 Å². The average Bonchev–Trinajstić information content (AvgIpc) is 2.93. The number of furan rings is 1. The molecule has 0 aliphatic rings. The molecule has 0 saturated carbocycles. The van der Waals surface area contributed by atoms with Crippen LogP contribution in [-0.2, 0) is 6.42 Å². The normalized spacial score (nSPS) is 12.8. The van der Waals surface area contributed by atoms with Crippen LogP contribution < -0.4 is 5.32 Å². The van der Waals surface area contributed by atoms with E-state index >= 15 is 0 Å². The fraction of sp³-hybridized carbons (Fsp3) is 0.500. The van der Waals surface area contributed by atoms with E-state index in [-0.39, 0.29) is 6.04 Å². The van der Waals surface area contributed by atoms with Crippen LogP contribution in [0.2, 0.25) is 0 Å². The molecule has 0 aliphatic heterocycles. The van der Waals surface area contributed by atoms with Crippen molar-refractivity contribution in [2.24, 2.45) is 0 Å². The van der Waals surface area contributed by atoms with Crippen molar-refractivity contribution in [3.05, 3.63) is 39.7 Å². The number of thiazole rings is 1. The number of aromatic nitrogens is 1. The quantitative estimate of drug-likeness (QED) is 0.865. The Morgan fingerprint density at radius 2 is 2.22 bits per heavy atom. The Hall–Kier alpha value is -1.13. The summed E-state index contributed by atoms with van der Waals surface area (Å²) in [4.78, 5) is 4.53. The van der Waals surface area contributed by atoms with Crippen molar-refractivity contribution >= 4 is 11.3 Å². The highest BCUT2D eigenvalue weighted by atomic mass is 32.1. The van der Waals surface area contributed by atoms with E-state index in [1.807, 2.05) is 19.9 Å². The third-order valence-electron chi connectivity index (χ3n) is 2.79. The molecule has 2 aromatic rings. The molecule has 2 rings (SSSR count). The van der Waals surface area contributed by atoms with Crippen LogP contribution >= 0.6 is 11.3 Å². The van der Waals surface area contributed by atoms with Gasteiger partial charge in [0.2, 0.25) is 0 Å². The highest BCUT2D eigenvalue weighted by Gasteiger charge is 2.16. The molecule has 1 unspecified atom stereocenters. The Kier molecular flexibility index (Phi) is 4.55. The largest absolute Gasteiger partial charge is 0.465 e. The van der Waals surface area contributed by atoms with Gasteiger partial charge in [0.1, 0.15) is 11.5 Å². The minimum Gasteiger partial charge on any atom is -0.465 e. The fourth-order valence-electron chi connectivity index (χ4n) is 1.90. The second-order valence-electron chi connectivity index (χ2n) is 4.54. The van der Waals surface area contributed by atoms with Crippen molar-refractivity contribution in [3.8, 4) is 0 Å².